The molecule has 1 aromatic rings. The van der Waals surface area contributed by atoms with Gasteiger partial charge in [0, 0.05) is 12.2 Å². The number of ether oxygens (including phenoxy) is 1. The maximum absolute atomic E-state index is 12.4. The number of aliphatic imine (C=N–C) groups is 1. The van der Waals surface area contributed by atoms with Gasteiger partial charge in [0.2, 0.25) is 0 Å². The molecule has 1 unspecified atom stereocenters. The molecule has 158 valence electrons. The summed E-state index contributed by atoms with van der Waals surface area (Å²) in [6, 6.07) is 6.45. The van der Waals surface area contributed by atoms with Crippen LogP contribution in [0.3, 0.4) is 0 Å². The van der Waals surface area contributed by atoms with E-state index < -0.39 is 5.60 Å². The molecule has 1 spiro atoms. The summed E-state index contributed by atoms with van der Waals surface area (Å²) in [7, 11) is 0. The quantitative estimate of drug-likeness (QED) is 0.630. The number of carbonyl (C=O) groups excluding carboxylic acids is 2. The molecule has 0 bridgehead atoms. The molecule has 1 aliphatic heterocycles. The van der Waals surface area contributed by atoms with Crippen molar-refractivity contribution in [1.29, 1.82) is 0 Å². The van der Waals surface area contributed by atoms with E-state index in [1.807, 2.05) is 20.8 Å². The Balaban J connectivity index is 1.98. The van der Waals surface area contributed by atoms with E-state index >= 15 is 0 Å². The Bertz CT molecular complexity index is 850. The zero-order chi connectivity index (χ0) is 21.4. The van der Waals surface area contributed by atoms with E-state index in [4.69, 9.17) is 9.73 Å². The van der Waals surface area contributed by atoms with E-state index in [2.05, 4.69) is 32.0 Å². The average Bonchev–Trinajstić information content (AvgIpc) is 2.52. The van der Waals surface area contributed by atoms with Crippen LogP contribution in [0.1, 0.15) is 77.5 Å². The fourth-order valence-electron chi connectivity index (χ4n) is 4.65. The highest BCUT2D eigenvalue weighted by Crippen LogP contribution is 2.51. The number of thioether (sulfide) groups is 1. The Labute approximate surface area is 178 Å². The molecule has 1 heterocycles. The molecule has 0 saturated carbocycles. The molecule has 1 aliphatic carbocycles. The SMILES string of the molecule is CC(=O)Cc1ccc2c(c1)C1(CCSC(CC(=O)OC(C)(C)C)=N1)CC(C)(C)C2. The van der Waals surface area contributed by atoms with Crippen molar-refractivity contribution in [1.82, 2.24) is 0 Å². The van der Waals surface area contributed by atoms with Crippen LogP contribution in [-0.4, -0.2) is 28.2 Å². The Morgan fingerprint density at radius 3 is 2.59 bits per heavy atom. The summed E-state index contributed by atoms with van der Waals surface area (Å²) in [5.41, 5.74) is 2.95. The van der Waals surface area contributed by atoms with Crippen molar-refractivity contribution in [2.45, 2.75) is 84.8 Å². The van der Waals surface area contributed by atoms with Gasteiger partial charge in [0.1, 0.15) is 11.4 Å². The topological polar surface area (TPSA) is 55.7 Å². The Hall–Kier alpha value is -1.62. The molecule has 29 heavy (non-hydrogen) atoms. The largest absolute Gasteiger partial charge is 0.460 e. The normalized spacial score (nSPS) is 23.3. The lowest BCUT2D eigenvalue weighted by atomic mass is 9.64. The van der Waals surface area contributed by atoms with Gasteiger partial charge in [-0.1, -0.05) is 32.0 Å². The van der Waals surface area contributed by atoms with Crippen molar-refractivity contribution in [2.24, 2.45) is 10.4 Å². The first-order valence-electron chi connectivity index (χ1n) is 10.4. The number of carbonyl (C=O) groups is 2. The van der Waals surface area contributed by atoms with E-state index in [0.717, 1.165) is 35.6 Å². The average molecular weight is 416 g/mol. The monoisotopic (exact) mass is 415 g/mol. The van der Waals surface area contributed by atoms with E-state index in [-0.39, 0.29) is 29.1 Å². The third kappa shape index (κ3) is 5.50. The summed E-state index contributed by atoms with van der Waals surface area (Å²) in [5, 5.41) is 0.867. The van der Waals surface area contributed by atoms with Gasteiger partial charge in [-0.3, -0.25) is 14.6 Å². The van der Waals surface area contributed by atoms with Crippen LogP contribution in [0.5, 0.6) is 0 Å². The molecule has 0 amide bonds. The summed E-state index contributed by atoms with van der Waals surface area (Å²) in [5.74, 6) is 0.888. The fourth-order valence-corrected chi connectivity index (χ4v) is 5.79. The van der Waals surface area contributed by atoms with Gasteiger partial charge >= 0.3 is 5.97 Å². The third-order valence-electron chi connectivity index (χ3n) is 5.41. The van der Waals surface area contributed by atoms with Crippen molar-refractivity contribution in [3.05, 3.63) is 34.9 Å². The number of esters is 1. The van der Waals surface area contributed by atoms with Gasteiger partial charge in [-0.25, -0.2) is 0 Å². The highest BCUT2D eigenvalue weighted by molar-refractivity contribution is 8.14. The van der Waals surface area contributed by atoms with Gasteiger partial charge in [-0.15, -0.1) is 11.8 Å². The zero-order valence-corrected chi connectivity index (χ0v) is 19.4. The minimum absolute atomic E-state index is 0.137. The lowest BCUT2D eigenvalue weighted by molar-refractivity contribution is -0.153. The number of fused-ring (bicyclic) bond motifs is 2. The van der Waals surface area contributed by atoms with Gasteiger partial charge in [0.25, 0.3) is 0 Å². The van der Waals surface area contributed by atoms with Crippen molar-refractivity contribution in [3.8, 4) is 0 Å². The van der Waals surface area contributed by atoms with E-state index in [1.54, 1.807) is 18.7 Å². The molecule has 0 saturated heterocycles. The number of hydrogen-bond donors (Lipinski definition) is 0. The maximum atomic E-state index is 12.4. The molecule has 0 N–H and O–H groups in total. The minimum atomic E-state index is -0.490. The molecule has 1 aromatic carbocycles. The summed E-state index contributed by atoms with van der Waals surface area (Å²) in [4.78, 5) is 29.2. The highest BCUT2D eigenvalue weighted by Gasteiger charge is 2.45. The minimum Gasteiger partial charge on any atom is -0.460 e. The first kappa shape index (κ1) is 22.1. The lowest BCUT2D eigenvalue weighted by Gasteiger charge is -2.46. The molecule has 0 fully saturated rings. The Kier molecular flexibility index (Phi) is 6.01. The van der Waals surface area contributed by atoms with Crippen LogP contribution >= 0.6 is 11.8 Å². The summed E-state index contributed by atoms with van der Waals surface area (Å²) >= 11 is 1.67. The van der Waals surface area contributed by atoms with Crippen molar-refractivity contribution >= 4 is 28.6 Å². The smallest absolute Gasteiger partial charge is 0.312 e. The van der Waals surface area contributed by atoms with Crippen LogP contribution in [0.2, 0.25) is 0 Å². The van der Waals surface area contributed by atoms with Crippen molar-refractivity contribution in [3.63, 3.8) is 0 Å². The highest BCUT2D eigenvalue weighted by atomic mass is 32.2. The molecule has 1 atom stereocenters. The second-order valence-electron chi connectivity index (χ2n) is 10.3. The first-order valence-corrected chi connectivity index (χ1v) is 11.4. The van der Waals surface area contributed by atoms with Crippen LogP contribution in [0.15, 0.2) is 23.2 Å². The van der Waals surface area contributed by atoms with Gasteiger partial charge in [0.15, 0.2) is 0 Å². The predicted molar refractivity (Wildman–Crippen MR) is 120 cm³/mol. The molecule has 4 nitrogen and oxygen atoms in total. The van der Waals surface area contributed by atoms with E-state index in [0.29, 0.717) is 6.42 Å². The van der Waals surface area contributed by atoms with Gasteiger partial charge < -0.3 is 4.74 Å². The Morgan fingerprint density at radius 1 is 1.21 bits per heavy atom. The van der Waals surface area contributed by atoms with Crippen LogP contribution < -0.4 is 0 Å². The maximum Gasteiger partial charge on any atom is 0.312 e. The number of nitrogens with zero attached hydrogens (tertiary/aromatic N) is 1. The number of benzene rings is 1. The first-order chi connectivity index (χ1) is 13.4. The molecule has 0 aromatic heterocycles. The van der Waals surface area contributed by atoms with Crippen molar-refractivity contribution < 1.29 is 14.3 Å². The van der Waals surface area contributed by atoms with Gasteiger partial charge in [-0.2, -0.15) is 0 Å². The fraction of sp³-hybridized carbons (Fsp3) is 0.625. The molecule has 0 radical (unpaired) electrons. The molecule has 5 heteroatoms. The molecule has 2 aliphatic rings. The number of hydrogen-bond acceptors (Lipinski definition) is 5. The molecular formula is C24H33NO3S. The van der Waals surface area contributed by atoms with E-state index in [9.17, 15) is 9.59 Å². The summed E-state index contributed by atoms with van der Waals surface area (Å²) < 4.78 is 5.52. The molecule has 3 rings (SSSR count). The third-order valence-corrected chi connectivity index (χ3v) is 6.38. The lowest BCUT2D eigenvalue weighted by Crippen LogP contribution is -2.40. The van der Waals surface area contributed by atoms with E-state index in [1.165, 1.54) is 11.1 Å². The van der Waals surface area contributed by atoms with Gasteiger partial charge in [-0.05, 0) is 69.1 Å². The van der Waals surface area contributed by atoms with Crippen LogP contribution in [-0.2, 0) is 32.7 Å². The number of ketones is 1. The zero-order valence-electron chi connectivity index (χ0n) is 18.6. The van der Waals surface area contributed by atoms with Crippen molar-refractivity contribution in [2.75, 3.05) is 5.75 Å². The summed E-state index contributed by atoms with van der Waals surface area (Å²) in [6.45, 7) is 11.9. The second kappa shape index (κ2) is 7.90. The predicted octanol–water partition coefficient (Wildman–Crippen LogP) is 5.25. The number of Topliss-reactive ketones (excluding diaryl/α,β-unsaturated/α-hetero) is 1. The van der Waals surface area contributed by atoms with Crippen LogP contribution in [0, 0.1) is 5.41 Å². The molecular weight excluding hydrogens is 382 g/mol. The van der Waals surface area contributed by atoms with Crippen LogP contribution in [0.4, 0.5) is 0 Å². The van der Waals surface area contributed by atoms with Crippen LogP contribution in [0.25, 0.3) is 0 Å². The Morgan fingerprint density at radius 2 is 1.93 bits per heavy atom. The van der Waals surface area contributed by atoms with Gasteiger partial charge in [0.05, 0.1) is 17.0 Å². The standard InChI is InChI=1S/C24H33NO3S/c1-16(26)11-17-7-8-18-14-23(5,6)15-24(19(18)12-17)9-10-29-20(25-24)13-21(27)28-22(2,3)4/h7-8,12H,9-11,13-15H2,1-6H3. The summed E-state index contributed by atoms with van der Waals surface area (Å²) in [6.07, 6.45) is 3.60. The second-order valence-corrected chi connectivity index (χ2v) is 11.5. The number of rotatable bonds is 4.